The summed E-state index contributed by atoms with van der Waals surface area (Å²) in [7, 11) is 0. The molecule has 0 N–H and O–H groups in total. The molecule has 0 aliphatic heterocycles. The minimum absolute atomic E-state index is 0.0885. The molecule has 18 aliphatic rings. The predicted octanol–water partition coefficient (Wildman–Crippen LogP) is 21.8. The highest BCUT2D eigenvalue weighted by Gasteiger charge is 2.66. The Morgan fingerprint density at radius 1 is 0.312 bits per heavy atom. The van der Waals surface area contributed by atoms with Crippen LogP contribution in [0.1, 0.15) is 374 Å². The van der Waals surface area contributed by atoms with Crippen LogP contribution in [-0.4, -0.2) is 96.6 Å². The van der Waals surface area contributed by atoms with Crippen molar-refractivity contribution in [3.63, 3.8) is 0 Å². The van der Waals surface area contributed by atoms with Crippen LogP contribution in [0.3, 0.4) is 0 Å². The predicted molar refractivity (Wildman–Crippen MR) is 434 cm³/mol. The van der Waals surface area contributed by atoms with Crippen LogP contribution in [0.2, 0.25) is 0 Å². The van der Waals surface area contributed by atoms with E-state index < -0.39 is 21.7 Å². The van der Waals surface area contributed by atoms with Crippen LogP contribution in [0, 0.1) is 134 Å². The van der Waals surface area contributed by atoms with E-state index in [1.807, 2.05) is 83.1 Å². The van der Waals surface area contributed by atoms with Crippen LogP contribution in [0.15, 0.2) is 0 Å². The quantitative estimate of drug-likeness (QED) is 0.0348. The summed E-state index contributed by atoms with van der Waals surface area (Å²) < 4.78 is 47.1. The molecule has 18 saturated carbocycles. The van der Waals surface area contributed by atoms with Crippen LogP contribution in [0.25, 0.3) is 0 Å². The maximum Gasteiger partial charge on any atom is 0.344 e. The summed E-state index contributed by atoms with van der Waals surface area (Å²) in [5.74, 6) is 11.4. The number of hydrogen-bond donors (Lipinski definition) is 0. The summed E-state index contributed by atoms with van der Waals surface area (Å²) in [6, 6.07) is 0. The first-order valence-electron chi connectivity index (χ1n) is 46.7. The second-order valence-corrected chi connectivity index (χ2v) is 42.6. The lowest BCUT2D eigenvalue weighted by atomic mass is 9.46. The van der Waals surface area contributed by atoms with Gasteiger partial charge in [0.25, 0.3) is 0 Å². The summed E-state index contributed by atoms with van der Waals surface area (Å²) in [4.78, 5) is 99.8. The average molecular weight is 1570 g/mol. The lowest BCUT2D eigenvalue weighted by molar-refractivity contribution is -0.233. The van der Waals surface area contributed by atoms with Gasteiger partial charge in [0.15, 0.2) is 6.61 Å². The summed E-state index contributed by atoms with van der Waals surface area (Å²) in [6.07, 6.45) is 46.0. The Labute approximate surface area is 677 Å². The standard InChI is InChI=1S/C25H40O4.2C24H40O4.C23H36O4/c1-4-24(2,3)23(27)28-11-10-22(26)29-25(19-8-6-5-7-9-19)20-13-17-12-18(15-20)16-21(25)14-17;1-6-23(4,5)22(26)27-9-7-8-21(25)28-24(15-16(2)3)19-11-17-10-18(13-19)14-20(24)12-17;1-5-7-10-24(19-13-17-12-18(15-19)16-20(24)14-17)28-21(25)9-8-11-27-22(26)23(3,4)6-2;1-4-22(2,3)21(25)26-14-20(24)27-23(17-7-5-6-8-17)18-10-15-9-16(12-18)13-19(23)11-15/h17-21H,4-16H2,1-3H3;16-20H,6-15H2,1-5H3;17-20H,5-16H2,1-4H3;15-19H,4-14H2,1-3H3. The van der Waals surface area contributed by atoms with Crippen LogP contribution >= 0.6 is 0 Å². The van der Waals surface area contributed by atoms with Gasteiger partial charge in [-0.25, -0.2) is 4.79 Å². The number of rotatable bonds is 32. The molecule has 0 amide bonds. The fourth-order valence-corrected chi connectivity index (χ4v) is 26.3. The Morgan fingerprint density at radius 2 is 0.598 bits per heavy atom. The molecule has 0 aromatic carbocycles. The molecule has 18 aliphatic carbocycles. The molecule has 0 radical (unpaired) electrons. The van der Waals surface area contributed by atoms with Crippen molar-refractivity contribution in [2.45, 2.75) is 396 Å². The van der Waals surface area contributed by atoms with Crippen molar-refractivity contribution >= 4 is 47.8 Å². The molecular formula is C96H156O16. The highest BCUT2D eigenvalue weighted by atomic mass is 16.6. The molecule has 0 unspecified atom stereocenters. The molecule has 636 valence electrons. The molecule has 0 atom stereocenters. The van der Waals surface area contributed by atoms with Gasteiger partial charge in [-0.2, -0.15) is 0 Å². The van der Waals surface area contributed by atoms with Gasteiger partial charge in [0.05, 0.1) is 41.3 Å². The van der Waals surface area contributed by atoms with E-state index in [1.54, 1.807) is 0 Å². The maximum atomic E-state index is 13.0. The van der Waals surface area contributed by atoms with Crippen molar-refractivity contribution in [1.29, 1.82) is 0 Å². The fourth-order valence-electron chi connectivity index (χ4n) is 26.3. The van der Waals surface area contributed by atoms with Crippen LogP contribution in [-0.2, 0) is 76.3 Å². The van der Waals surface area contributed by atoms with Crippen LogP contribution in [0.5, 0.6) is 0 Å². The lowest BCUT2D eigenvalue weighted by Crippen LogP contribution is -2.63. The van der Waals surface area contributed by atoms with E-state index >= 15 is 0 Å². The minimum atomic E-state index is -0.550. The molecule has 16 bridgehead atoms. The van der Waals surface area contributed by atoms with E-state index in [2.05, 4.69) is 20.8 Å². The topological polar surface area (TPSA) is 210 Å². The van der Waals surface area contributed by atoms with Gasteiger partial charge < -0.3 is 37.9 Å². The first-order valence-corrected chi connectivity index (χ1v) is 46.7. The van der Waals surface area contributed by atoms with Gasteiger partial charge in [0, 0.05) is 12.8 Å². The zero-order chi connectivity index (χ0) is 80.8. The number of ether oxygens (including phenoxy) is 8. The SMILES string of the molecule is CCC(C)(C)C(=O)OCC(=O)OC1(C2CCCC2)C2CC3CC(C2)CC1C3.CCC(C)(C)C(=O)OCCC(=O)OC1(C2CCCCC2)C2CC3CC(C2)CC1C3.CCC(C)(C)C(=O)OCCCC(=O)OC1(CC(C)C)C2CC3CC(C2)CC1C3.CCCCC1(OC(=O)CCCOC(=O)C(C)(C)CC)C2CC3CC(C2)CC1C3. The summed E-state index contributed by atoms with van der Waals surface area (Å²) in [6.45, 7) is 30.2. The van der Waals surface area contributed by atoms with Crippen LogP contribution < -0.4 is 0 Å². The van der Waals surface area contributed by atoms with E-state index in [9.17, 15) is 38.4 Å². The molecule has 0 aromatic heterocycles. The molecule has 18 rings (SSSR count). The zero-order valence-corrected chi connectivity index (χ0v) is 73.0. The molecule has 112 heavy (non-hydrogen) atoms. The Morgan fingerprint density at radius 3 is 0.929 bits per heavy atom. The second-order valence-electron chi connectivity index (χ2n) is 42.6. The van der Waals surface area contributed by atoms with Crippen molar-refractivity contribution in [3.05, 3.63) is 0 Å². The third-order valence-electron chi connectivity index (χ3n) is 33.1. The van der Waals surface area contributed by atoms with Crippen molar-refractivity contribution in [1.82, 2.24) is 0 Å². The lowest BCUT2D eigenvalue weighted by Gasteiger charge is -2.63. The Bertz CT molecular complexity index is 3060. The van der Waals surface area contributed by atoms with Crippen molar-refractivity contribution in [3.8, 4) is 0 Å². The summed E-state index contributed by atoms with van der Waals surface area (Å²) >= 11 is 0. The number of carbonyl (C=O) groups excluding carboxylic acids is 8. The third-order valence-corrected chi connectivity index (χ3v) is 33.1. The van der Waals surface area contributed by atoms with E-state index in [1.165, 1.54) is 186 Å². The Hall–Kier alpha value is -4.24. The summed E-state index contributed by atoms with van der Waals surface area (Å²) in [5, 5.41) is 0. The van der Waals surface area contributed by atoms with Gasteiger partial charge in [0.1, 0.15) is 29.0 Å². The monoisotopic (exact) mass is 1570 g/mol. The Kier molecular flexibility index (Phi) is 29.6. The van der Waals surface area contributed by atoms with Crippen molar-refractivity contribution < 1.29 is 76.3 Å². The molecule has 0 saturated heterocycles. The van der Waals surface area contributed by atoms with E-state index in [0.717, 1.165) is 92.3 Å². The van der Waals surface area contributed by atoms with E-state index in [-0.39, 0.29) is 89.8 Å². The maximum absolute atomic E-state index is 13.0. The van der Waals surface area contributed by atoms with Gasteiger partial charge >= 0.3 is 47.8 Å². The fraction of sp³-hybridized carbons (Fsp3) is 0.917. The van der Waals surface area contributed by atoms with Gasteiger partial charge in [-0.1, -0.05) is 87.0 Å². The van der Waals surface area contributed by atoms with Gasteiger partial charge in [0.2, 0.25) is 0 Å². The van der Waals surface area contributed by atoms with E-state index in [4.69, 9.17) is 37.9 Å². The first kappa shape index (κ1) is 88.6. The highest BCUT2D eigenvalue weighted by Crippen LogP contribution is 2.67. The molecule has 0 aromatic rings. The molecule has 0 heterocycles. The largest absolute Gasteiger partial charge is 0.465 e. The molecule has 18 fully saturated rings. The third kappa shape index (κ3) is 19.9. The minimum Gasteiger partial charge on any atom is -0.465 e. The summed E-state index contributed by atoms with van der Waals surface area (Å²) in [5.41, 5.74) is -2.89. The van der Waals surface area contributed by atoms with Gasteiger partial charge in [-0.15, -0.1) is 0 Å². The Balaban J connectivity index is 0.000000148. The number of carbonyl (C=O) groups is 8. The number of esters is 8. The van der Waals surface area contributed by atoms with E-state index in [0.29, 0.717) is 110 Å². The molecule has 16 nitrogen and oxygen atoms in total. The molecular weight excluding hydrogens is 1410 g/mol. The van der Waals surface area contributed by atoms with Gasteiger partial charge in [-0.05, 0) is 380 Å². The normalized spacial score (nSPS) is 35.6. The molecule has 0 spiro atoms. The number of hydrogen-bond acceptors (Lipinski definition) is 16. The molecule has 16 heteroatoms. The smallest absolute Gasteiger partial charge is 0.344 e. The zero-order valence-electron chi connectivity index (χ0n) is 73.0. The highest BCUT2D eigenvalue weighted by molar-refractivity contribution is 5.80. The van der Waals surface area contributed by atoms with Crippen molar-refractivity contribution in [2.24, 2.45) is 134 Å². The van der Waals surface area contributed by atoms with Gasteiger partial charge in [-0.3, -0.25) is 33.6 Å². The second kappa shape index (κ2) is 37.4. The average Bonchev–Trinajstić information content (AvgIpc) is 1.06. The number of unbranched alkanes of at least 4 members (excludes halogenated alkanes) is 1. The first-order chi connectivity index (χ1) is 53.2. The van der Waals surface area contributed by atoms with Crippen LogP contribution in [0.4, 0.5) is 0 Å². The van der Waals surface area contributed by atoms with Crippen molar-refractivity contribution in [2.75, 3.05) is 26.4 Å².